The van der Waals surface area contributed by atoms with Gasteiger partial charge in [-0.15, -0.1) is 0 Å². The lowest BCUT2D eigenvalue weighted by molar-refractivity contribution is 0.105. The Hall–Kier alpha value is -0.920. The number of nitrogens with zero attached hydrogens (tertiary/aromatic N) is 3. The Balaban J connectivity index is 1.46. The molecule has 22 heavy (non-hydrogen) atoms. The van der Waals surface area contributed by atoms with Crippen molar-refractivity contribution in [2.45, 2.75) is 56.5 Å². The zero-order valence-corrected chi connectivity index (χ0v) is 13.6. The molecule has 1 atom stereocenters. The molecule has 1 N–H and O–H groups in total. The van der Waals surface area contributed by atoms with Gasteiger partial charge in [0.25, 0.3) is 0 Å². The zero-order chi connectivity index (χ0) is 15.2. The number of hydrogen-bond donors (Lipinski definition) is 1. The summed E-state index contributed by atoms with van der Waals surface area (Å²) in [6.45, 7) is 3.23. The normalized spacial score (nSPS) is 27.2. The SMILES string of the molecule is O=S(=O)(NCC1CN(C2CCC2)Cc2ccnn2C1)C1CC1. The summed E-state index contributed by atoms with van der Waals surface area (Å²) >= 11 is 0. The van der Waals surface area contributed by atoms with Gasteiger partial charge in [0.1, 0.15) is 0 Å². The van der Waals surface area contributed by atoms with Crippen molar-refractivity contribution in [2.24, 2.45) is 5.92 Å². The number of fused-ring (bicyclic) bond motifs is 1. The molecule has 1 unspecified atom stereocenters. The maximum Gasteiger partial charge on any atom is 0.214 e. The summed E-state index contributed by atoms with van der Waals surface area (Å²) < 4.78 is 29.0. The quantitative estimate of drug-likeness (QED) is 0.876. The molecular formula is C15H24N4O2S. The van der Waals surface area contributed by atoms with Gasteiger partial charge >= 0.3 is 0 Å². The fourth-order valence-electron chi connectivity index (χ4n) is 3.45. The monoisotopic (exact) mass is 324 g/mol. The highest BCUT2D eigenvalue weighted by Crippen LogP contribution is 2.30. The van der Waals surface area contributed by atoms with Crippen LogP contribution in [0.1, 0.15) is 37.8 Å². The largest absolute Gasteiger partial charge is 0.294 e. The van der Waals surface area contributed by atoms with Crippen LogP contribution in [0.15, 0.2) is 12.3 Å². The van der Waals surface area contributed by atoms with E-state index >= 15 is 0 Å². The fraction of sp³-hybridized carbons (Fsp3) is 0.800. The zero-order valence-electron chi connectivity index (χ0n) is 12.8. The Kier molecular flexibility index (Phi) is 3.74. The highest BCUT2D eigenvalue weighted by atomic mass is 32.2. The van der Waals surface area contributed by atoms with E-state index in [0.29, 0.717) is 12.6 Å². The first-order valence-corrected chi connectivity index (χ1v) is 9.90. The average Bonchev–Trinajstić information content (AvgIpc) is 3.21. The van der Waals surface area contributed by atoms with Crippen LogP contribution in [0.4, 0.5) is 0 Å². The summed E-state index contributed by atoms with van der Waals surface area (Å²) in [5.74, 6) is 0.287. The van der Waals surface area contributed by atoms with Gasteiger partial charge in [0.2, 0.25) is 10.0 Å². The van der Waals surface area contributed by atoms with Gasteiger partial charge in [-0.3, -0.25) is 9.58 Å². The van der Waals surface area contributed by atoms with E-state index in [2.05, 4.69) is 25.5 Å². The van der Waals surface area contributed by atoms with E-state index in [1.54, 1.807) is 0 Å². The minimum absolute atomic E-state index is 0.138. The molecule has 2 fully saturated rings. The lowest BCUT2D eigenvalue weighted by Crippen LogP contribution is -2.44. The van der Waals surface area contributed by atoms with E-state index in [4.69, 9.17) is 0 Å². The predicted octanol–water partition coefficient (Wildman–Crippen LogP) is 0.949. The summed E-state index contributed by atoms with van der Waals surface area (Å²) in [4.78, 5) is 2.53. The van der Waals surface area contributed by atoms with E-state index < -0.39 is 10.0 Å². The molecule has 0 saturated heterocycles. The molecule has 6 nitrogen and oxygen atoms in total. The van der Waals surface area contributed by atoms with Gasteiger partial charge in [-0.1, -0.05) is 6.42 Å². The van der Waals surface area contributed by atoms with Gasteiger partial charge in [0, 0.05) is 44.3 Å². The number of aromatic nitrogens is 2. The Morgan fingerprint density at radius 1 is 1.23 bits per heavy atom. The van der Waals surface area contributed by atoms with Gasteiger partial charge in [-0.2, -0.15) is 5.10 Å². The van der Waals surface area contributed by atoms with Crippen LogP contribution in [0, 0.1) is 5.92 Å². The molecule has 0 amide bonds. The van der Waals surface area contributed by atoms with Crippen molar-refractivity contribution in [2.75, 3.05) is 13.1 Å². The third-order valence-electron chi connectivity index (χ3n) is 5.22. The van der Waals surface area contributed by atoms with Crippen molar-refractivity contribution in [3.63, 3.8) is 0 Å². The molecule has 1 aromatic rings. The maximum absolute atomic E-state index is 12.1. The molecule has 0 aromatic carbocycles. The third-order valence-corrected chi connectivity index (χ3v) is 7.14. The standard InChI is InChI=1S/C15H24N4O2S/c20-22(21,15-4-5-15)17-8-12-9-18(13-2-1-3-13)11-14-6-7-16-19(14)10-12/h6-7,12-13,15,17H,1-5,8-11H2. The summed E-state index contributed by atoms with van der Waals surface area (Å²) in [6, 6.07) is 2.76. The second-order valence-corrected chi connectivity index (χ2v) is 9.02. The minimum Gasteiger partial charge on any atom is -0.294 e. The van der Waals surface area contributed by atoms with Crippen molar-refractivity contribution in [3.05, 3.63) is 18.0 Å². The molecule has 4 rings (SSSR count). The molecule has 3 aliphatic rings. The van der Waals surface area contributed by atoms with Crippen LogP contribution in [0.3, 0.4) is 0 Å². The maximum atomic E-state index is 12.1. The number of hydrogen-bond acceptors (Lipinski definition) is 4. The van der Waals surface area contributed by atoms with Crippen molar-refractivity contribution in [3.8, 4) is 0 Å². The van der Waals surface area contributed by atoms with Crippen molar-refractivity contribution in [1.29, 1.82) is 0 Å². The van der Waals surface area contributed by atoms with Crippen LogP contribution in [0.5, 0.6) is 0 Å². The number of sulfonamides is 1. The van der Waals surface area contributed by atoms with E-state index in [1.165, 1.54) is 25.0 Å². The van der Waals surface area contributed by atoms with Crippen LogP contribution >= 0.6 is 0 Å². The molecule has 122 valence electrons. The van der Waals surface area contributed by atoms with Crippen molar-refractivity contribution >= 4 is 10.0 Å². The average molecular weight is 324 g/mol. The molecule has 7 heteroatoms. The van der Waals surface area contributed by atoms with Gasteiger partial charge in [0.05, 0.1) is 10.9 Å². The number of nitrogens with one attached hydrogen (secondary N) is 1. The summed E-state index contributed by atoms with van der Waals surface area (Å²) in [5, 5.41) is 4.27. The number of rotatable bonds is 5. The van der Waals surface area contributed by atoms with Gasteiger partial charge in [-0.25, -0.2) is 13.1 Å². The van der Waals surface area contributed by atoms with Gasteiger partial charge in [-0.05, 0) is 31.7 Å². The van der Waals surface area contributed by atoms with Crippen LogP contribution < -0.4 is 4.72 Å². The Morgan fingerprint density at radius 2 is 2.05 bits per heavy atom. The lowest BCUT2D eigenvalue weighted by Gasteiger charge is -2.38. The molecule has 1 aromatic heterocycles. The predicted molar refractivity (Wildman–Crippen MR) is 83.7 cm³/mol. The van der Waals surface area contributed by atoms with Crippen LogP contribution in [-0.4, -0.2) is 47.5 Å². The molecule has 2 aliphatic carbocycles. The van der Waals surface area contributed by atoms with E-state index in [-0.39, 0.29) is 11.2 Å². The Bertz CT molecular complexity index is 634. The van der Waals surface area contributed by atoms with Crippen molar-refractivity contribution in [1.82, 2.24) is 19.4 Å². The van der Waals surface area contributed by atoms with Gasteiger partial charge < -0.3 is 0 Å². The smallest absolute Gasteiger partial charge is 0.214 e. The molecule has 0 spiro atoms. The first-order chi connectivity index (χ1) is 10.6. The fourth-order valence-corrected chi connectivity index (χ4v) is 4.92. The Morgan fingerprint density at radius 3 is 2.73 bits per heavy atom. The molecule has 2 saturated carbocycles. The third kappa shape index (κ3) is 2.94. The topological polar surface area (TPSA) is 67.2 Å². The van der Waals surface area contributed by atoms with E-state index in [9.17, 15) is 8.42 Å². The van der Waals surface area contributed by atoms with Crippen LogP contribution in [-0.2, 0) is 23.1 Å². The van der Waals surface area contributed by atoms with Crippen molar-refractivity contribution < 1.29 is 8.42 Å². The highest BCUT2D eigenvalue weighted by Gasteiger charge is 2.36. The summed E-state index contributed by atoms with van der Waals surface area (Å²) in [6.07, 6.45) is 7.35. The summed E-state index contributed by atoms with van der Waals surface area (Å²) in [5.41, 5.74) is 1.25. The first-order valence-electron chi connectivity index (χ1n) is 8.35. The lowest BCUT2D eigenvalue weighted by atomic mass is 9.90. The molecule has 1 aliphatic heterocycles. The highest BCUT2D eigenvalue weighted by molar-refractivity contribution is 7.90. The minimum atomic E-state index is -3.09. The van der Waals surface area contributed by atoms with Crippen LogP contribution in [0.25, 0.3) is 0 Å². The van der Waals surface area contributed by atoms with E-state index in [1.807, 2.05) is 6.20 Å². The second kappa shape index (κ2) is 5.62. The molecule has 0 radical (unpaired) electrons. The molecule has 2 heterocycles. The molecular weight excluding hydrogens is 300 g/mol. The van der Waals surface area contributed by atoms with E-state index in [0.717, 1.165) is 32.5 Å². The second-order valence-electron chi connectivity index (χ2n) is 6.98. The van der Waals surface area contributed by atoms with Gasteiger partial charge in [0.15, 0.2) is 0 Å². The van der Waals surface area contributed by atoms with Crippen LogP contribution in [0.2, 0.25) is 0 Å². The Labute approximate surface area is 131 Å². The molecule has 0 bridgehead atoms. The summed E-state index contributed by atoms with van der Waals surface area (Å²) in [7, 11) is -3.09. The first kappa shape index (κ1) is 14.7.